The van der Waals surface area contributed by atoms with Gasteiger partial charge in [-0.05, 0) is 86.4 Å². The van der Waals surface area contributed by atoms with Crippen LogP contribution in [0.5, 0.6) is 23.0 Å². The Hall–Kier alpha value is -2.88. The molecule has 2 aromatic carbocycles. The third-order valence-corrected chi connectivity index (χ3v) is 7.29. The maximum Gasteiger partial charge on any atom is 0.231 e. The minimum atomic E-state index is -1.12. The second-order valence-electron chi connectivity index (χ2n) is 9.66. The number of methoxy groups -OCH3 is 2. The third-order valence-electron chi connectivity index (χ3n) is 7.29. The second-order valence-corrected chi connectivity index (χ2v) is 9.66. The number of fused-ring (bicyclic) bond motifs is 2. The largest absolute Gasteiger partial charge is 0.496 e. The first-order chi connectivity index (χ1) is 16.2. The van der Waals surface area contributed by atoms with Crippen LogP contribution in [0, 0.1) is 32.6 Å². The molecule has 34 heavy (non-hydrogen) atoms. The minimum Gasteiger partial charge on any atom is -0.496 e. The van der Waals surface area contributed by atoms with Crippen molar-refractivity contribution >= 4 is 0 Å². The van der Waals surface area contributed by atoms with Crippen LogP contribution in [0.2, 0.25) is 0 Å². The van der Waals surface area contributed by atoms with Gasteiger partial charge in [-0.1, -0.05) is 5.92 Å². The van der Waals surface area contributed by atoms with Crippen molar-refractivity contribution in [3.8, 4) is 34.8 Å². The Labute approximate surface area is 202 Å². The molecule has 182 valence electrons. The fourth-order valence-corrected chi connectivity index (χ4v) is 5.08. The first kappa shape index (κ1) is 24.3. The molecule has 2 aliphatic heterocycles. The number of hydrogen-bond donors (Lipinski definition) is 2. The molecule has 2 aromatic rings. The molecule has 0 radical (unpaired) electrons. The molecule has 0 bridgehead atoms. The van der Waals surface area contributed by atoms with Crippen LogP contribution in [0.15, 0.2) is 12.1 Å². The molecule has 0 saturated carbocycles. The predicted octanol–water partition coefficient (Wildman–Crippen LogP) is 2.86. The molecule has 0 fully saturated rings. The van der Waals surface area contributed by atoms with Crippen LogP contribution < -0.4 is 23.8 Å². The van der Waals surface area contributed by atoms with Crippen molar-refractivity contribution < 1.29 is 29.0 Å². The summed E-state index contributed by atoms with van der Waals surface area (Å²) in [4.78, 5) is 1.27. The van der Waals surface area contributed by atoms with Gasteiger partial charge in [0.1, 0.15) is 11.4 Å². The number of rotatable bonds is 5. The Morgan fingerprint density at radius 2 is 1.91 bits per heavy atom. The molecule has 2 N–H and O–H groups in total. The number of aryl methyl sites for hydroxylation is 1. The van der Waals surface area contributed by atoms with Crippen LogP contribution in [0.25, 0.3) is 0 Å². The van der Waals surface area contributed by atoms with Gasteiger partial charge in [0.05, 0.1) is 33.4 Å². The lowest BCUT2D eigenvalue weighted by molar-refractivity contribution is -0.905. The number of benzene rings is 2. The summed E-state index contributed by atoms with van der Waals surface area (Å²) >= 11 is 0. The lowest BCUT2D eigenvalue weighted by Crippen LogP contribution is -3.10. The van der Waals surface area contributed by atoms with Crippen LogP contribution in [-0.2, 0) is 12.8 Å². The van der Waals surface area contributed by atoms with Crippen LogP contribution >= 0.6 is 0 Å². The van der Waals surface area contributed by atoms with E-state index < -0.39 is 5.60 Å². The fourth-order valence-electron chi connectivity index (χ4n) is 5.08. The van der Waals surface area contributed by atoms with E-state index in [0.717, 1.165) is 42.0 Å². The topological polar surface area (TPSA) is 61.6 Å². The molecule has 0 aromatic heterocycles. The summed E-state index contributed by atoms with van der Waals surface area (Å²) in [5.41, 5.74) is 5.88. The molecule has 3 atom stereocenters. The minimum absolute atomic E-state index is 0.119. The molecular weight excluding hydrogens is 430 g/mol. The Morgan fingerprint density at radius 1 is 1.15 bits per heavy atom. The summed E-state index contributed by atoms with van der Waals surface area (Å²) in [6, 6.07) is 4.01. The van der Waals surface area contributed by atoms with Crippen LogP contribution in [0.1, 0.15) is 52.8 Å². The Kier molecular flexibility index (Phi) is 6.71. The molecule has 1 unspecified atom stereocenters. The van der Waals surface area contributed by atoms with E-state index >= 15 is 0 Å². The van der Waals surface area contributed by atoms with Gasteiger partial charge in [0, 0.05) is 6.42 Å². The summed E-state index contributed by atoms with van der Waals surface area (Å²) in [5, 5.41) is 11.2. The lowest BCUT2D eigenvalue weighted by Gasteiger charge is -2.30. The van der Waals surface area contributed by atoms with E-state index in [4.69, 9.17) is 18.9 Å². The van der Waals surface area contributed by atoms with E-state index in [9.17, 15) is 5.11 Å². The summed E-state index contributed by atoms with van der Waals surface area (Å²) in [5.74, 6) is 9.57. The molecule has 0 amide bonds. The highest BCUT2D eigenvalue weighted by molar-refractivity contribution is 5.62. The summed E-state index contributed by atoms with van der Waals surface area (Å²) in [6.45, 7) is 9.24. The zero-order chi connectivity index (χ0) is 24.6. The summed E-state index contributed by atoms with van der Waals surface area (Å²) in [7, 11) is 5.49. The SMILES string of the molecule is COc1cc(C)c(CC[C@@](C)(O)C#C[C@@H]2c3c(cc4c(c3OC)OCO4)CC[NH+]2C)c(C)c1C. The van der Waals surface area contributed by atoms with E-state index in [0.29, 0.717) is 17.9 Å². The maximum absolute atomic E-state index is 11.2. The Morgan fingerprint density at radius 3 is 2.62 bits per heavy atom. The number of hydrogen-bond acceptors (Lipinski definition) is 5. The number of quaternary nitrogens is 1. The van der Waals surface area contributed by atoms with Crippen molar-refractivity contribution in [2.45, 2.75) is 58.6 Å². The molecule has 2 heterocycles. The van der Waals surface area contributed by atoms with E-state index in [1.807, 2.05) is 0 Å². The van der Waals surface area contributed by atoms with Crippen molar-refractivity contribution in [1.29, 1.82) is 0 Å². The highest BCUT2D eigenvalue weighted by atomic mass is 16.7. The number of nitrogens with one attached hydrogen (secondary N) is 1. The first-order valence-electron chi connectivity index (χ1n) is 11.9. The maximum atomic E-state index is 11.2. The predicted molar refractivity (Wildman–Crippen MR) is 131 cm³/mol. The summed E-state index contributed by atoms with van der Waals surface area (Å²) < 4.78 is 22.6. The van der Waals surface area contributed by atoms with Gasteiger partial charge in [-0.3, -0.25) is 0 Å². The molecular formula is C28H36NO5+. The van der Waals surface area contributed by atoms with Gasteiger partial charge in [-0.15, -0.1) is 0 Å². The van der Waals surface area contributed by atoms with E-state index in [-0.39, 0.29) is 12.8 Å². The van der Waals surface area contributed by atoms with Crippen LogP contribution in [0.3, 0.4) is 0 Å². The molecule has 2 aliphatic rings. The number of aliphatic hydroxyl groups is 1. The molecule has 6 nitrogen and oxygen atoms in total. The van der Waals surface area contributed by atoms with E-state index in [2.05, 4.69) is 51.8 Å². The molecule has 0 spiro atoms. The average Bonchev–Trinajstić information content (AvgIpc) is 3.27. The van der Waals surface area contributed by atoms with Crippen molar-refractivity contribution in [3.63, 3.8) is 0 Å². The monoisotopic (exact) mass is 466 g/mol. The average molecular weight is 467 g/mol. The van der Waals surface area contributed by atoms with E-state index in [1.54, 1.807) is 21.1 Å². The lowest BCUT2D eigenvalue weighted by atomic mass is 9.88. The van der Waals surface area contributed by atoms with Gasteiger partial charge in [0.25, 0.3) is 0 Å². The zero-order valence-electron chi connectivity index (χ0n) is 21.3. The normalized spacial score (nSPS) is 20.1. The smallest absolute Gasteiger partial charge is 0.231 e. The van der Waals surface area contributed by atoms with Gasteiger partial charge >= 0.3 is 0 Å². The molecule has 0 aliphatic carbocycles. The molecule has 6 heteroatoms. The van der Waals surface area contributed by atoms with Crippen LogP contribution in [-0.4, -0.2) is 45.3 Å². The Bertz CT molecular complexity index is 1160. The number of likely N-dealkylation sites (N-methyl/N-ethyl adjacent to an activating group) is 1. The fraction of sp³-hybridized carbons (Fsp3) is 0.500. The van der Waals surface area contributed by atoms with Crippen LogP contribution in [0.4, 0.5) is 0 Å². The van der Waals surface area contributed by atoms with E-state index in [1.165, 1.54) is 27.2 Å². The van der Waals surface area contributed by atoms with Gasteiger partial charge in [0.2, 0.25) is 12.5 Å². The quantitative estimate of drug-likeness (QED) is 0.664. The first-order valence-corrected chi connectivity index (χ1v) is 11.9. The third kappa shape index (κ3) is 4.43. The van der Waals surface area contributed by atoms with Crippen molar-refractivity contribution in [1.82, 2.24) is 0 Å². The van der Waals surface area contributed by atoms with Crippen molar-refractivity contribution in [2.75, 3.05) is 34.6 Å². The molecule has 4 rings (SSSR count). The van der Waals surface area contributed by atoms with Gasteiger partial charge in [-0.2, -0.15) is 0 Å². The highest BCUT2D eigenvalue weighted by Crippen LogP contribution is 2.47. The highest BCUT2D eigenvalue weighted by Gasteiger charge is 2.36. The van der Waals surface area contributed by atoms with Gasteiger partial charge < -0.3 is 29.0 Å². The standard InChI is InChI=1S/C28H35NO5/c1-17-14-23(31-6)19(3)18(2)21(17)8-11-28(4,30)12-9-22-25-20(10-13-29(22)5)15-24-26(27(25)32-7)34-16-33-24/h14-15,22,30H,8,10-11,13,16H2,1-7H3/p+1/t22-,28-/m1/s1. The summed E-state index contributed by atoms with van der Waals surface area (Å²) in [6.07, 6.45) is 2.21. The van der Waals surface area contributed by atoms with Crippen molar-refractivity contribution in [3.05, 3.63) is 45.5 Å². The van der Waals surface area contributed by atoms with Crippen molar-refractivity contribution in [2.24, 2.45) is 0 Å². The Balaban J connectivity index is 1.61. The zero-order valence-corrected chi connectivity index (χ0v) is 21.3. The molecule has 0 saturated heterocycles. The number of ether oxygens (including phenoxy) is 4. The van der Waals surface area contributed by atoms with Gasteiger partial charge in [-0.25, -0.2) is 0 Å². The van der Waals surface area contributed by atoms with Gasteiger partial charge in [0.15, 0.2) is 17.5 Å². The second kappa shape index (κ2) is 9.40.